The monoisotopic (exact) mass is 219 g/mol. The van der Waals surface area contributed by atoms with Gasteiger partial charge in [0.05, 0.1) is 17.4 Å². The van der Waals surface area contributed by atoms with E-state index in [4.69, 9.17) is 5.73 Å². The van der Waals surface area contributed by atoms with Gasteiger partial charge in [0.25, 0.3) is 0 Å². The summed E-state index contributed by atoms with van der Waals surface area (Å²) in [5.74, 6) is 2.47. The molecule has 0 spiro atoms. The minimum atomic E-state index is 0.614. The molecule has 3 rings (SSSR count). The molecule has 1 fully saturated rings. The summed E-state index contributed by atoms with van der Waals surface area (Å²) < 4.78 is 2.29. The van der Waals surface area contributed by atoms with Crippen LogP contribution in [-0.2, 0) is 0 Å². The number of benzene rings is 1. The third-order valence-corrected chi connectivity index (χ3v) is 4.04. The predicted octanol–water partition coefficient (Wildman–Crippen LogP) is 2.30. The largest absolute Gasteiger partial charge is 0.399 e. The molecule has 0 radical (unpaired) electrons. The first-order chi connectivity index (χ1) is 7.34. The molecule has 15 heavy (non-hydrogen) atoms. The van der Waals surface area contributed by atoms with E-state index in [0.29, 0.717) is 6.04 Å². The SMILES string of the molecule is Nc1ccc2c(c1)ncn2C1CCSC1. The van der Waals surface area contributed by atoms with Crippen LogP contribution in [0.5, 0.6) is 0 Å². The smallest absolute Gasteiger partial charge is 0.0961 e. The first-order valence-corrected chi connectivity index (χ1v) is 6.30. The van der Waals surface area contributed by atoms with Crippen molar-refractivity contribution in [3.05, 3.63) is 24.5 Å². The standard InChI is InChI=1S/C11H13N3S/c12-8-1-2-11-10(5-8)13-7-14(11)9-3-4-15-6-9/h1-2,5,7,9H,3-4,6,12H2. The van der Waals surface area contributed by atoms with Gasteiger partial charge in [-0.25, -0.2) is 4.98 Å². The number of nitrogen functional groups attached to an aromatic ring is 1. The van der Waals surface area contributed by atoms with Crippen molar-refractivity contribution < 1.29 is 0 Å². The number of thioether (sulfide) groups is 1. The van der Waals surface area contributed by atoms with Crippen molar-refractivity contribution >= 4 is 28.5 Å². The van der Waals surface area contributed by atoms with E-state index in [1.54, 1.807) is 0 Å². The molecule has 0 saturated carbocycles. The molecule has 0 amide bonds. The van der Waals surface area contributed by atoms with E-state index in [2.05, 4.69) is 15.6 Å². The lowest BCUT2D eigenvalue weighted by atomic mass is 10.2. The Labute approximate surface area is 92.7 Å². The lowest BCUT2D eigenvalue weighted by molar-refractivity contribution is 0.575. The highest BCUT2D eigenvalue weighted by molar-refractivity contribution is 7.99. The minimum Gasteiger partial charge on any atom is -0.399 e. The molecule has 3 nitrogen and oxygen atoms in total. The van der Waals surface area contributed by atoms with Crippen molar-refractivity contribution in [2.75, 3.05) is 17.2 Å². The zero-order valence-electron chi connectivity index (χ0n) is 8.39. The molecule has 1 aliphatic rings. The lowest BCUT2D eigenvalue weighted by Gasteiger charge is -2.11. The molecule has 1 aromatic carbocycles. The highest BCUT2D eigenvalue weighted by Gasteiger charge is 2.18. The Morgan fingerprint density at radius 2 is 2.40 bits per heavy atom. The highest BCUT2D eigenvalue weighted by atomic mass is 32.2. The van der Waals surface area contributed by atoms with Gasteiger partial charge in [0.2, 0.25) is 0 Å². The maximum atomic E-state index is 5.73. The maximum absolute atomic E-state index is 5.73. The molecule has 1 atom stereocenters. The van der Waals surface area contributed by atoms with Crippen molar-refractivity contribution in [2.45, 2.75) is 12.5 Å². The van der Waals surface area contributed by atoms with Gasteiger partial charge in [0, 0.05) is 17.5 Å². The molecule has 1 unspecified atom stereocenters. The summed E-state index contributed by atoms with van der Waals surface area (Å²) in [7, 11) is 0. The van der Waals surface area contributed by atoms with Crippen molar-refractivity contribution in [1.29, 1.82) is 0 Å². The van der Waals surface area contributed by atoms with Crippen LogP contribution in [0.2, 0.25) is 0 Å². The number of nitrogens with two attached hydrogens (primary N) is 1. The summed E-state index contributed by atoms with van der Waals surface area (Å²) in [6, 6.07) is 6.57. The van der Waals surface area contributed by atoms with E-state index in [1.165, 1.54) is 23.4 Å². The first kappa shape index (κ1) is 9.09. The zero-order valence-corrected chi connectivity index (χ0v) is 9.20. The van der Waals surface area contributed by atoms with Crippen LogP contribution in [0.15, 0.2) is 24.5 Å². The fourth-order valence-corrected chi connectivity index (χ4v) is 3.29. The van der Waals surface area contributed by atoms with Crippen LogP contribution < -0.4 is 5.73 Å². The Hall–Kier alpha value is -1.16. The fourth-order valence-electron chi connectivity index (χ4n) is 2.08. The summed E-state index contributed by atoms with van der Waals surface area (Å²) in [6.07, 6.45) is 3.20. The molecular weight excluding hydrogens is 206 g/mol. The van der Waals surface area contributed by atoms with E-state index in [9.17, 15) is 0 Å². The second-order valence-corrected chi connectivity index (χ2v) is 5.07. The summed E-state index contributed by atoms with van der Waals surface area (Å²) in [5.41, 5.74) is 8.73. The third-order valence-electron chi connectivity index (χ3n) is 2.90. The van der Waals surface area contributed by atoms with E-state index >= 15 is 0 Å². The summed E-state index contributed by atoms with van der Waals surface area (Å²) in [5, 5.41) is 0. The number of nitrogens with zero attached hydrogens (tertiary/aromatic N) is 2. The van der Waals surface area contributed by atoms with E-state index in [1.807, 2.05) is 30.2 Å². The maximum Gasteiger partial charge on any atom is 0.0961 e. The third kappa shape index (κ3) is 1.49. The van der Waals surface area contributed by atoms with E-state index in [0.717, 1.165) is 11.2 Å². The van der Waals surface area contributed by atoms with Gasteiger partial charge in [-0.15, -0.1) is 0 Å². The molecule has 4 heteroatoms. The van der Waals surface area contributed by atoms with Gasteiger partial charge in [-0.05, 0) is 30.4 Å². The first-order valence-electron chi connectivity index (χ1n) is 5.14. The molecule has 1 aliphatic heterocycles. The molecule has 1 saturated heterocycles. The number of rotatable bonds is 1. The molecule has 0 bridgehead atoms. The van der Waals surface area contributed by atoms with Crippen LogP contribution in [0.25, 0.3) is 11.0 Å². The van der Waals surface area contributed by atoms with Crippen molar-refractivity contribution in [1.82, 2.24) is 9.55 Å². The predicted molar refractivity (Wildman–Crippen MR) is 65.1 cm³/mol. The molecule has 2 heterocycles. The molecule has 78 valence electrons. The Kier molecular flexibility index (Phi) is 2.09. The zero-order chi connectivity index (χ0) is 10.3. The lowest BCUT2D eigenvalue weighted by Crippen LogP contribution is -2.05. The van der Waals surface area contributed by atoms with E-state index in [-0.39, 0.29) is 0 Å². The molecule has 0 aliphatic carbocycles. The quantitative estimate of drug-likeness (QED) is 0.748. The summed E-state index contributed by atoms with van der Waals surface area (Å²) >= 11 is 2.02. The van der Waals surface area contributed by atoms with Crippen LogP contribution in [0, 0.1) is 0 Å². The number of imidazole rings is 1. The number of hydrogen-bond acceptors (Lipinski definition) is 3. The summed E-state index contributed by atoms with van der Waals surface area (Å²) in [6.45, 7) is 0. The van der Waals surface area contributed by atoms with Gasteiger partial charge in [-0.3, -0.25) is 0 Å². The van der Waals surface area contributed by atoms with Gasteiger partial charge in [-0.2, -0.15) is 11.8 Å². The van der Waals surface area contributed by atoms with Crippen molar-refractivity contribution in [2.24, 2.45) is 0 Å². The number of aromatic nitrogens is 2. The van der Waals surface area contributed by atoms with Gasteiger partial charge in [0.1, 0.15) is 0 Å². The Balaban J connectivity index is 2.11. The molecular formula is C11H13N3S. The normalized spacial score (nSPS) is 21.2. The molecule has 2 N–H and O–H groups in total. The van der Waals surface area contributed by atoms with Crippen LogP contribution in [0.3, 0.4) is 0 Å². The number of anilines is 1. The average molecular weight is 219 g/mol. The average Bonchev–Trinajstić information content (AvgIpc) is 2.82. The second-order valence-electron chi connectivity index (χ2n) is 3.92. The fraction of sp³-hybridized carbons (Fsp3) is 0.364. The minimum absolute atomic E-state index is 0.614. The number of hydrogen-bond donors (Lipinski definition) is 1. The Morgan fingerprint density at radius 3 is 3.20 bits per heavy atom. The second kappa shape index (κ2) is 3.45. The van der Waals surface area contributed by atoms with Gasteiger partial charge in [0.15, 0.2) is 0 Å². The van der Waals surface area contributed by atoms with Crippen LogP contribution in [0.1, 0.15) is 12.5 Å². The molecule has 1 aromatic heterocycles. The Bertz CT molecular complexity index is 486. The van der Waals surface area contributed by atoms with Gasteiger partial charge < -0.3 is 10.3 Å². The Morgan fingerprint density at radius 1 is 1.47 bits per heavy atom. The highest BCUT2D eigenvalue weighted by Crippen LogP contribution is 2.30. The van der Waals surface area contributed by atoms with E-state index < -0.39 is 0 Å². The van der Waals surface area contributed by atoms with Gasteiger partial charge >= 0.3 is 0 Å². The molecule has 2 aromatic rings. The van der Waals surface area contributed by atoms with Gasteiger partial charge in [-0.1, -0.05) is 0 Å². The van der Waals surface area contributed by atoms with Crippen LogP contribution in [0.4, 0.5) is 5.69 Å². The van der Waals surface area contributed by atoms with Crippen LogP contribution >= 0.6 is 11.8 Å². The van der Waals surface area contributed by atoms with Crippen LogP contribution in [-0.4, -0.2) is 21.1 Å². The van der Waals surface area contributed by atoms with Crippen molar-refractivity contribution in [3.8, 4) is 0 Å². The number of fused-ring (bicyclic) bond motifs is 1. The summed E-state index contributed by atoms with van der Waals surface area (Å²) in [4.78, 5) is 4.40. The topological polar surface area (TPSA) is 43.8 Å². The van der Waals surface area contributed by atoms with Crippen molar-refractivity contribution in [3.63, 3.8) is 0 Å².